The normalized spacial score (nSPS) is 15.5. The van der Waals surface area contributed by atoms with Gasteiger partial charge in [-0.05, 0) is 24.3 Å². The lowest BCUT2D eigenvalue weighted by Crippen LogP contribution is -2.40. The van der Waals surface area contributed by atoms with Crippen LogP contribution in [0.4, 0.5) is 5.69 Å². The van der Waals surface area contributed by atoms with Gasteiger partial charge in [0.05, 0.1) is 5.69 Å². The molecule has 0 aliphatic carbocycles. The number of fused-ring (bicyclic) bond motifs is 1. The summed E-state index contributed by atoms with van der Waals surface area (Å²) in [6, 6.07) is 10.6. The quantitative estimate of drug-likeness (QED) is 0.741. The number of hydrogen-bond acceptors (Lipinski definition) is 5. The molecule has 4 rings (SSSR count). The Morgan fingerprint density at radius 3 is 2.73 bits per heavy atom. The molecule has 9 heteroatoms. The van der Waals surface area contributed by atoms with Crippen molar-refractivity contribution in [1.82, 2.24) is 14.5 Å². The number of hydrogen-bond donors (Lipinski definition) is 1. The fourth-order valence-corrected chi connectivity index (χ4v) is 2.82. The molecule has 3 aromatic rings. The molecule has 2 aromatic heterocycles. The molecule has 1 aromatic carbocycles. The largest absolute Gasteiger partial charge is 0.485 e. The molecule has 1 atom stereocenters. The van der Waals surface area contributed by atoms with Crippen LogP contribution in [0.5, 0.6) is 11.5 Å². The maximum absolute atomic E-state index is 12.6. The molecular weight excluding hydrogens is 379 g/mol. The smallest absolute Gasteiger partial charge is 0.269 e. The van der Waals surface area contributed by atoms with Crippen molar-refractivity contribution in [2.45, 2.75) is 6.10 Å². The second kappa shape index (κ2) is 6.86. The summed E-state index contributed by atoms with van der Waals surface area (Å²) in [7, 11) is 0. The number of rotatable bonds is 3. The lowest BCUT2D eigenvalue weighted by molar-refractivity contribution is -0.125. The highest BCUT2D eigenvalue weighted by Gasteiger charge is 2.28. The molecular formula is C17H12Cl2N4O3. The third kappa shape index (κ3) is 3.07. The van der Waals surface area contributed by atoms with E-state index in [0.717, 1.165) is 0 Å². The molecule has 26 heavy (non-hydrogen) atoms. The van der Waals surface area contributed by atoms with Crippen molar-refractivity contribution in [2.75, 3.05) is 11.9 Å². The predicted octanol–water partition coefficient (Wildman–Crippen LogP) is 3.35. The van der Waals surface area contributed by atoms with Crippen LogP contribution in [0, 0.1) is 0 Å². The first-order valence-electron chi connectivity index (χ1n) is 7.66. The third-order valence-corrected chi connectivity index (χ3v) is 4.48. The van der Waals surface area contributed by atoms with E-state index in [4.69, 9.17) is 32.7 Å². The average Bonchev–Trinajstić information content (AvgIpc) is 3.00. The number of amides is 1. The highest BCUT2D eigenvalue weighted by Crippen LogP contribution is 2.31. The third-order valence-electron chi connectivity index (χ3n) is 3.74. The van der Waals surface area contributed by atoms with Gasteiger partial charge in [0.25, 0.3) is 5.91 Å². The molecule has 1 unspecified atom stereocenters. The molecule has 0 radical (unpaired) electrons. The number of benzene rings is 1. The Balaban J connectivity index is 1.57. The minimum atomic E-state index is -0.792. The highest BCUT2D eigenvalue weighted by atomic mass is 35.5. The Labute approximate surface area is 158 Å². The Morgan fingerprint density at radius 2 is 1.96 bits per heavy atom. The topological polar surface area (TPSA) is 78.3 Å². The van der Waals surface area contributed by atoms with Crippen LogP contribution in [-0.2, 0) is 4.79 Å². The van der Waals surface area contributed by atoms with Gasteiger partial charge in [0.15, 0.2) is 27.6 Å². The van der Waals surface area contributed by atoms with Gasteiger partial charge in [-0.25, -0.2) is 9.97 Å². The molecule has 132 valence electrons. The summed E-state index contributed by atoms with van der Waals surface area (Å²) < 4.78 is 12.8. The van der Waals surface area contributed by atoms with Gasteiger partial charge in [-0.1, -0.05) is 35.3 Å². The number of nitrogens with zero attached hydrogens (tertiary/aromatic N) is 3. The number of anilines is 1. The maximum Gasteiger partial charge on any atom is 0.269 e. The lowest BCUT2D eigenvalue weighted by atomic mass is 10.2. The van der Waals surface area contributed by atoms with Gasteiger partial charge in [-0.2, -0.15) is 0 Å². The van der Waals surface area contributed by atoms with Crippen LogP contribution in [0.15, 0.2) is 48.9 Å². The van der Waals surface area contributed by atoms with Crippen LogP contribution < -0.4 is 14.8 Å². The van der Waals surface area contributed by atoms with Crippen LogP contribution in [-0.4, -0.2) is 33.2 Å². The van der Waals surface area contributed by atoms with Gasteiger partial charge >= 0.3 is 0 Å². The first-order valence-corrected chi connectivity index (χ1v) is 8.42. The fourth-order valence-electron chi connectivity index (χ4n) is 2.51. The molecule has 1 amide bonds. The number of nitrogens with one attached hydrogen (secondary N) is 1. The Hall–Kier alpha value is -2.77. The molecule has 1 N–H and O–H groups in total. The van der Waals surface area contributed by atoms with Crippen LogP contribution in [0.25, 0.3) is 5.82 Å². The zero-order valence-corrected chi connectivity index (χ0v) is 14.7. The molecule has 1 aliphatic rings. The number of carbonyl (C=O) groups is 1. The van der Waals surface area contributed by atoms with Crippen molar-refractivity contribution in [1.29, 1.82) is 0 Å². The van der Waals surface area contributed by atoms with E-state index in [-0.39, 0.29) is 22.8 Å². The van der Waals surface area contributed by atoms with Gasteiger partial charge in [0, 0.05) is 6.20 Å². The maximum atomic E-state index is 12.6. The number of carbonyl (C=O) groups excluding carboxylic acids is 1. The van der Waals surface area contributed by atoms with Crippen molar-refractivity contribution < 1.29 is 14.3 Å². The van der Waals surface area contributed by atoms with Gasteiger partial charge in [0.1, 0.15) is 12.9 Å². The van der Waals surface area contributed by atoms with Crippen molar-refractivity contribution in [3.8, 4) is 17.3 Å². The minimum Gasteiger partial charge on any atom is -0.485 e. The fraction of sp³-hybridized carbons (Fsp3) is 0.118. The summed E-state index contributed by atoms with van der Waals surface area (Å²) in [4.78, 5) is 20.8. The summed E-state index contributed by atoms with van der Waals surface area (Å²) in [5, 5.41) is 3.14. The van der Waals surface area contributed by atoms with E-state index < -0.39 is 6.10 Å². The van der Waals surface area contributed by atoms with Crippen molar-refractivity contribution in [2.24, 2.45) is 0 Å². The monoisotopic (exact) mass is 390 g/mol. The molecule has 3 heterocycles. The first-order chi connectivity index (χ1) is 12.6. The SMILES string of the molecule is O=C(Nc1cccnc1-n1cnc(Cl)c1Cl)C1COc2ccccc2O1. The predicted molar refractivity (Wildman–Crippen MR) is 96.4 cm³/mol. The molecule has 7 nitrogen and oxygen atoms in total. The van der Waals surface area contributed by atoms with Crippen LogP contribution in [0.2, 0.25) is 10.3 Å². The zero-order valence-electron chi connectivity index (χ0n) is 13.2. The summed E-state index contributed by atoms with van der Waals surface area (Å²) >= 11 is 12.0. The number of halogens is 2. The van der Waals surface area contributed by atoms with E-state index in [0.29, 0.717) is 23.0 Å². The number of imidazole rings is 1. The van der Waals surface area contributed by atoms with E-state index in [1.54, 1.807) is 30.5 Å². The van der Waals surface area contributed by atoms with Gasteiger partial charge in [0.2, 0.25) is 6.10 Å². The molecule has 0 bridgehead atoms. The summed E-state index contributed by atoms with van der Waals surface area (Å²) in [6.45, 7) is 0.107. The average molecular weight is 391 g/mol. The minimum absolute atomic E-state index is 0.107. The Bertz CT molecular complexity index is 976. The molecule has 0 saturated heterocycles. The zero-order chi connectivity index (χ0) is 18.1. The number of para-hydroxylation sites is 2. The van der Waals surface area contributed by atoms with Gasteiger partial charge in [-0.3, -0.25) is 9.36 Å². The number of ether oxygens (including phenoxy) is 2. The van der Waals surface area contributed by atoms with Crippen LogP contribution >= 0.6 is 23.2 Å². The van der Waals surface area contributed by atoms with Crippen LogP contribution in [0.3, 0.4) is 0 Å². The standard InChI is InChI=1S/C17H12Cl2N4O3/c18-14-15(19)23(9-21-14)16-10(4-3-7-20-16)22-17(24)13-8-25-11-5-1-2-6-12(11)26-13/h1-7,9,13H,8H2,(H,22,24). The van der Waals surface area contributed by atoms with E-state index >= 15 is 0 Å². The summed E-state index contributed by atoms with van der Waals surface area (Å²) in [5.74, 6) is 1.16. The molecule has 0 saturated carbocycles. The number of pyridine rings is 1. The number of aromatic nitrogens is 3. The van der Waals surface area contributed by atoms with E-state index in [1.165, 1.54) is 10.9 Å². The van der Waals surface area contributed by atoms with E-state index in [2.05, 4.69) is 15.3 Å². The van der Waals surface area contributed by atoms with Crippen molar-refractivity contribution >= 4 is 34.8 Å². The van der Waals surface area contributed by atoms with E-state index in [1.807, 2.05) is 12.1 Å². The Kier molecular flexibility index (Phi) is 4.40. The van der Waals surface area contributed by atoms with E-state index in [9.17, 15) is 4.79 Å². The van der Waals surface area contributed by atoms with Crippen LogP contribution in [0.1, 0.15) is 0 Å². The lowest BCUT2D eigenvalue weighted by Gasteiger charge is -2.25. The first kappa shape index (κ1) is 16.7. The van der Waals surface area contributed by atoms with Crippen molar-refractivity contribution in [3.63, 3.8) is 0 Å². The highest BCUT2D eigenvalue weighted by molar-refractivity contribution is 6.40. The Morgan fingerprint density at radius 1 is 1.15 bits per heavy atom. The molecule has 1 aliphatic heterocycles. The molecule has 0 spiro atoms. The summed E-state index contributed by atoms with van der Waals surface area (Å²) in [5.41, 5.74) is 0.441. The van der Waals surface area contributed by atoms with Crippen molar-refractivity contribution in [3.05, 3.63) is 59.2 Å². The van der Waals surface area contributed by atoms with Gasteiger partial charge < -0.3 is 14.8 Å². The second-order valence-electron chi connectivity index (χ2n) is 5.42. The van der Waals surface area contributed by atoms with Gasteiger partial charge in [-0.15, -0.1) is 0 Å². The molecule has 0 fully saturated rings. The summed E-state index contributed by atoms with van der Waals surface area (Å²) in [6.07, 6.45) is 2.21. The second-order valence-corrected chi connectivity index (χ2v) is 6.14.